The molecular formula is C23H32N8. The highest BCUT2D eigenvalue weighted by Crippen LogP contribution is 2.23. The van der Waals surface area contributed by atoms with Crippen molar-refractivity contribution in [1.82, 2.24) is 20.2 Å². The summed E-state index contributed by atoms with van der Waals surface area (Å²) >= 11 is 0. The number of rotatable bonds is 7. The predicted molar refractivity (Wildman–Crippen MR) is 128 cm³/mol. The number of likely N-dealkylation sites (tertiary alicyclic amines) is 1. The van der Waals surface area contributed by atoms with E-state index < -0.39 is 0 Å². The van der Waals surface area contributed by atoms with Gasteiger partial charge in [-0.2, -0.15) is 0 Å². The molecule has 0 amide bonds. The van der Waals surface area contributed by atoms with Gasteiger partial charge < -0.3 is 27.0 Å². The van der Waals surface area contributed by atoms with Crippen molar-refractivity contribution >= 4 is 28.3 Å². The second-order valence-corrected chi connectivity index (χ2v) is 7.89. The third-order valence-electron chi connectivity index (χ3n) is 5.27. The number of fused-ring (bicyclic) bond motifs is 1. The van der Waals surface area contributed by atoms with Gasteiger partial charge >= 0.3 is 0 Å². The molecular weight excluding hydrogens is 388 g/mol. The van der Waals surface area contributed by atoms with Gasteiger partial charge in [-0.25, -0.2) is 4.98 Å². The number of amidine groups is 1. The second kappa shape index (κ2) is 9.97. The third kappa shape index (κ3) is 5.33. The molecule has 0 aromatic carbocycles. The first-order valence-corrected chi connectivity index (χ1v) is 10.6. The summed E-state index contributed by atoms with van der Waals surface area (Å²) in [6.45, 7) is 5.93. The Labute approximate surface area is 183 Å². The quantitative estimate of drug-likeness (QED) is 0.264. The number of allylic oxidation sites excluding steroid dienone is 2. The van der Waals surface area contributed by atoms with Crippen LogP contribution in [0.1, 0.15) is 32.3 Å². The highest BCUT2D eigenvalue weighted by atomic mass is 15.2. The zero-order chi connectivity index (χ0) is 22.4. The molecule has 7 N–H and O–H groups in total. The molecule has 1 aliphatic rings. The van der Waals surface area contributed by atoms with E-state index in [0.717, 1.165) is 53.7 Å². The number of aromatic nitrogens is 2. The Morgan fingerprint density at radius 1 is 1.23 bits per heavy atom. The predicted octanol–water partition coefficient (Wildman–Crippen LogP) is 2.97. The number of nitrogens with one attached hydrogen (secondary N) is 3. The van der Waals surface area contributed by atoms with E-state index in [9.17, 15) is 0 Å². The van der Waals surface area contributed by atoms with E-state index in [4.69, 9.17) is 16.9 Å². The summed E-state index contributed by atoms with van der Waals surface area (Å²) in [6, 6.07) is 5.70. The minimum atomic E-state index is 0.268. The van der Waals surface area contributed by atoms with Crippen LogP contribution in [0.4, 0.5) is 5.82 Å². The summed E-state index contributed by atoms with van der Waals surface area (Å²) in [7, 11) is 1.84. The fourth-order valence-corrected chi connectivity index (χ4v) is 3.54. The molecule has 0 unspecified atom stereocenters. The van der Waals surface area contributed by atoms with Gasteiger partial charge in [0.1, 0.15) is 17.5 Å². The van der Waals surface area contributed by atoms with Crippen molar-refractivity contribution in [3.8, 4) is 0 Å². The van der Waals surface area contributed by atoms with Gasteiger partial charge in [-0.1, -0.05) is 13.8 Å². The smallest absolute Gasteiger partial charge is 0.132 e. The molecule has 1 fully saturated rings. The average Bonchev–Trinajstić information content (AvgIpc) is 3.29. The highest BCUT2D eigenvalue weighted by molar-refractivity contribution is 6.21. The van der Waals surface area contributed by atoms with Crippen molar-refractivity contribution in [1.29, 1.82) is 5.41 Å². The molecule has 0 aliphatic carbocycles. The van der Waals surface area contributed by atoms with E-state index in [1.807, 2.05) is 37.5 Å². The van der Waals surface area contributed by atoms with Crippen LogP contribution >= 0.6 is 0 Å². The van der Waals surface area contributed by atoms with Crippen molar-refractivity contribution in [3.05, 3.63) is 59.8 Å². The zero-order valence-corrected chi connectivity index (χ0v) is 18.4. The first-order chi connectivity index (χ1) is 14.9. The Bertz CT molecular complexity index is 1030. The maximum absolute atomic E-state index is 8.66. The Morgan fingerprint density at radius 2 is 1.97 bits per heavy atom. The van der Waals surface area contributed by atoms with Crippen LogP contribution in [0.2, 0.25) is 0 Å². The minimum absolute atomic E-state index is 0.268. The van der Waals surface area contributed by atoms with Gasteiger partial charge in [0.25, 0.3) is 0 Å². The second-order valence-electron chi connectivity index (χ2n) is 7.89. The Kier molecular flexibility index (Phi) is 7.12. The fourth-order valence-electron chi connectivity index (χ4n) is 3.54. The van der Waals surface area contributed by atoms with Gasteiger partial charge in [0.2, 0.25) is 0 Å². The maximum atomic E-state index is 8.66. The van der Waals surface area contributed by atoms with Crippen LogP contribution in [-0.4, -0.2) is 40.8 Å². The first-order valence-electron chi connectivity index (χ1n) is 10.6. The summed E-state index contributed by atoms with van der Waals surface area (Å²) in [4.78, 5) is 11.3. The molecule has 31 heavy (non-hydrogen) atoms. The number of nitrogens with two attached hydrogens (primary N) is 2. The van der Waals surface area contributed by atoms with E-state index in [-0.39, 0.29) is 5.92 Å². The Balaban J connectivity index is 1.89. The van der Waals surface area contributed by atoms with Gasteiger partial charge in [-0.15, -0.1) is 0 Å². The number of hydrogen-bond acceptors (Lipinski definition) is 7. The molecule has 3 rings (SSSR count). The zero-order valence-electron chi connectivity index (χ0n) is 18.4. The summed E-state index contributed by atoms with van der Waals surface area (Å²) < 4.78 is 0. The monoisotopic (exact) mass is 420 g/mol. The minimum Gasteiger partial charge on any atom is -0.404 e. The molecule has 0 spiro atoms. The molecule has 1 aliphatic heterocycles. The van der Waals surface area contributed by atoms with E-state index in [1.54, 1.807) is 12.4 Å². The van der Waals surface area contributed by atoms with Crippen LogP contribution in [0.5, 0.6) is 0 Å². The number of nitrogens with zero attached hydrogens (tertiary/aromatic N) is 3. The summed E-state index contributed by atoms with van der Waals surface area (Å²) in [6.07, 6.45) is 9.26. The number of anilines is 1. The first kappa shape index (κ1) is 22.1. The third-order valence-corrected chi connectivity index (χ3v) is 5.27. The van der Waals surface area contributed by atoms with Gasteiger partial charge in [0, 0.05) is 43.7 Å². The van der Waals surface area contributed by atoms with Crippen molar-refractivity contribution < 1.29 is 0 Å². The molecule has 0 atom stereocenters. The molecule has 0 bridgehead atoms. The normalized spacial score (nSPS) is 15.6. The molecule has 0 radical (unpaired) electrons. The average molecular weight is 421 g/mol. The van der Waals surface area contributed by atoms with E-state index in [0.29, 0.717) is 17.5 Å². The van der Waals surface area contributed by atoms with E-state index >= 15 is 0 Å². The summed E-state index contributed by atoms with van der Waals surface area (Å²) in [5.41, 5.74) is 15.9. The topological polar surface area (TPSA) is 129 Å². The van der Waals surface area contributed by atoms with Crippen LogP contribution < -0.4 is 22.1 Å². The largest absolute Gasteiger partial charge is 0.404 e. The highest BCUT2D eigenvalue weighted by Gasteiger charge is 2.20. The molecule has 2 aromatic rings. The van der Waals surface area contributed by atoms with Crippen molar-refractivity contribution in [2.45, 2.75) is 26.7 Å². The van der Waals surface area contributed by atoms with Gasteiger partial charge in [0.15, 0.2) is 0 Å². The summed E-state index contributed by atoms with van der Waals surface area (Å²) in [5.74, 6) is 1.86. The SMILES string of the molecule is CN/C=C(\C(=N)N1CCCC1)c1cnc2ccc(N/C(N)=C/C(=C\N)C(C)C)nc2c1. The number of hydrogen-bond donors (Lipinski definition) is 5. The lowest BCUT2D eigenvalue weighted by molar-refractivity contribution is 0.521. The lowest BCUT2D eigenvalue weighted by atomic mass is 10.0. The standard InChI is InChI=1S/C23H32N8/c1-15(2)16(12-24)11-21(25)30-22-7-6-19-20(29-22)10-17(13-28-19)18(14-27-3)23(26)31-8-4-5-9-31/h6-7,10-15,26-27H,4-5,8-9,24-25H2,1-3H3,(H,29,30)/b16-12+,18-14-,21-11+,26-23?. The molecule has 3 heterocycles. The number of pyridine rings is 2. The van der Waals surface area contributed by atoms with E-state index in [2.05, 4.69) is 39.3 Å². The van der Waals surface area contributed by atoms with Crippen LogP contribution in [0.15, 0.2) is 54.3 Å². The summed E-state index contributed by atoms with van der Waals surface area (Å²) in [5, 5.41) is 14.8. The molecule has 1 saturated heterocycles. The van der Waals surface area contributed by atoms with Crippen LogP contribution in [0.3, 0.4) is 0 Å². The van der Waals surface area contributed by atoms with Gasteiger partial charge in [0.05, 0.1) is 11.0 Å². The Hall–Kier alpha value is -3.55. The molecule has 0 saturated carbocycles. The van der Waals surface area contributed by atoms with Crippen LogP contribution in [-0.2, 0) is 0 Å². The molecule has 2 aromatic heterocycles. The van der Waals surface area contributed by atoms with Crippen molar-refractivity contribution in [3.63, 3.8) is 0 Å². The van der Waals surface area contributed by atoms with Crippen molar-refractivity contribution in [2.24, 2.45) is 17.4 Å². The lowest BCUT2D eigenvalue weighted by Gasteiger charge is -2.21. The Morgan fingerprint density at radius 3 is 2.61 bits per heavy atom. The maximum Gasteiger partial charge on any atom is 0.132 e. The lowest BCUT2D eigenvalue weighted by Crippen LogP contribution is -2.28. The fraction of sp³-hybridized carbons (Fsp3) is 0.348. The van der Waals surface area contributed by atoms with Crippen molar-refractivity contribution in [2.75, 3.05) is 25.5 Å². The molecule has 8 nitrogen and oxygen atoms in total. The van der Waals surface area contributed by atoms with Gasteiger partial charge in [-0.05, 0) is 54.8 Å². The van der Waals surface area contributed by atoms with Gasteiger partial charge in [-0.3, -0.25) is 10.4 Å². The van der Waals surface area contributed by atoms with E-state index in [1.165, 1.54) is 0 Å². The molecule has 8 heteroatoms. The van der Waals surface area contributed by atoms with Crippen LogP contribution in [0, 0.1) is 11.3 Å². The molecule has 164 valence electrons. The van der Waals surface area contributed by atoms with Crippen LogP contribution in [0.25, 0.3) is 16.6 Å².